The van der Waals surface area contributed by atoms with E-state index in [0.29, 0.717) is 6.42 Å². The predicted octanol–water partition coefficient (Wildman–Crippen LogP) is 2.24. The molecule has 0 saturated carbocycles. The van der Waals surface area contributed by atoms with Crippen molar-refractivity contribution in [1.82, 2.24) is 4.57 Å². The molecule has 0 saturated heterocycles. The van der Waals surface area contributed by atoms with E-state index in [1.54, 1.807) is 0 Å². The molecule has 13 heavy (non-hydrogen) atoms. The van der Waals surface area contributed by atoms with Crippen molar-refractivity contribution in [2.75, 3.05) is 0 Å². The van der Waals surface area contributed by atoms with E-state index >= 15 is 0 Å². The molecule has 0 atom stereocenters. The molecule has 0 aliphatic rings. The van der Waals surface area contributed by atoms with Gasteiger partial charge in [-0.2, -0.15) is 5.26 Å². The molecule has 0 bridgehead atoms. The molecule has 1 aromatic carbocycles. The molecule has 2 aromatic rings. The summed E-state index contributed by atoms with van der Waals surface area (Å²) in [5, 5.41) is 9.78. The number of nitrogens with zero attached hydrogens (tertiary/aromatic N) is 2. The molecule has 0 radical (unpaired) electrons. The van der Waals surface area contributed by atoms with E-state index in [0.717, 1.165) is 5.56 Å². The molecule has 1 heterocycles. The number of aromatic nitrogens is 1. The lowest BCUT2D eigenvalue weighted by Crippen LogP contribution is -1.86. The van der Waals surface area contributed by atoms with Crippen LogP contribution in [0.25, 0.3) is 10.9 Å². The number of aryl methyl sites for hydroxylation is 1. The standard InChI is InChI=1S/C11H10N2/c1-13-7-5-10-3-2-9(4-6-12)8-11(10)13/h2-3,5,7-8H,4H2,1H3. The highest BCUT2D eigenvalue weighted by molar-refractivity contribution is 5.80. The van der Waals surface area contributed by atoms with E-state index in [4.69, 9.17) is 5.26 Å². The molecule has 2 heteroatoms. The van der Waals surface area contributed by atoms with Crippen LogP contribution in [0.1, 0.15) is 5.56 Å². The molecule has 0 spiro atoms. The molecular weight excluding hydrogens is 160 g/mol. The van der Waals surface area contributed by atoms with Crippen LogP contribution in [0, 0.1) is 11.3 Å². The number of nitriles is 1. The molecule has 64 valence electrons. The monoisotopic (exact) mass is 170 g/mol. The summed E-state index contributed by atoms with van der Waals surface area (Å²) < 4.78 is 2.07. The minimum Gasteiger partial charge on any atom is -0.351 e. The number of hydrogen-bond acceptors (Lipinski definition) is 1. The Balaban J connectivity index is 2.60. The first kappa shape index (κ1) is 7.88. The lowest BCUT2D eigenvalue weighted by Gasteiger charge is -1.98. The first-order chi connectivity index (χ1) is 6.31. The SMILES string of the molecule is Cn1ccc2ccc(CC#N)cc21. The molecule has 2 nitrogen and oxygen atoms in total. The highest BCUT2D eigenvalue weighted by atomic mass is 14.9. The smallest absolute Gasteiger partial charge is 0.0669 e. The molecule has 2 rings (SSSR count). The summed E-state index contributed by atoms with van der Waals surface area (Å²) in [6.45, 7) is 0. The molecule has 0 fully saturated rings. The third-order valence-corrected chi connectivity index (χ3v) is 2.24. The van der Waals surface area contributed by atoms with Crippen LogP contribution < -0.4 is 0 Å². The van der Waals surface area contributed by atoms with Gasteiger partial charge in [0.1, 0.15) is 0 Å². The maximum Gasteiger partial charge on any atom is 0.0669 e. The summed E-state index contributed by atoms with van der Waals surface area (Å²) >= 11 is 0. The fourth-order valence-electron chi connectivity index (χ4n) is 1.51. The number of benzene rings is 1. The van der Waals surface area contributed by atoms with Gasteiger partial charge in [-0.15, -0.1) is 0 Å². The first-order valence-corrected chi connectivity index (χ1v) is 4.22. The van der Waals surface area contributed by atoms with E-state index in [2.05, 4.69) is 28.8 Å². The van der Waals surface area contributed by atoms with Crippen LogP contribution in [0.4, 0.5) is 0 Å². The second-order valence-electron chi connectivity index (χ2n) is 3.15. The predicted molar refractivity (Wildman–Crippen MR) is 52.2 cm³/mol. The van der Waals surface area contributed by atoms with E-state index in [9.17, 15) is 0 Å². The zero-order valence-corrected chi connectivity index (χ0v) is 7.49. The van der Waals surface area contributed by atoms with Crippen molar-refractivity contribution in [3.8, 4) is 6.07 Å². The van der Waals surface area contributed by atoms with E-state index in [-0.39, 0.29) is 0 Å². The zero-order valence-electron chi connectivity index (χ0n) is 7.49. The molecule has 0 N–H and O–H groups in total. The van der Waals surface area contributed by atoms with Gasteiger partial charge in [0, 0.05) is 18.8 Å². The van der Waals surface area contributed by atoms with E-state index in [1.165, 1.54) is 10.9 Å². The van der Waals surface area contributed by atoms with Gasteiger partial charge in [0.15, 0.2) is 0 Å². The van der Waals surface area contributed by atoms with Crippen LogP contribution in [0.3, 0.4) is 0 Å². The molecule has 0 aliphatic carbocycles. The van der Waals surface area contributed by atoms with E-state index in [1.807, 2.05) is 19.3 Å². The Labute approximate surface area is 77.0 Å². The average molecular weight is 170 g/mol. The van der Waals surface area contributed by atoms with Gasteiger partial charge in [0.2, 0.25) is 0 Å². The molecule has 1 aromatic heterocycles. The van der Waals surface area contributed by atoms with Gasteiger partial charge in [0.05, 0.1) is 12.5 Å². The summed E-state index contributed by atoms with van der Waals surface area (Å²) in [6, 6.07) is 10.4. The summed E-state index contributed by atoms with van der Waals surface area (Å²) in [7, 11) is 2.01. The van der Waals surface area contributed by atoms with Crippen LogP contribution in [0.2, 0.25) is 0 Å². The van der Waals surface area contributed by atoms with Crippen LogP contribution in [0.5, 0.6) is 0 Å². The largest absolute Gasteiger partial charge is 0.351 e. The third-order valence-electron chi connectivity index (χ3n) is 2.24. The average Bonchev–Trinajstić information content (AvgIpc) is 2.49. The maximum atomic E-state index is 8.55. The highest BCUT2D eigenvalue weighted by Gasteiger charge is 1.98. The minimum atomic E-state index is 0.487. The van der Waals surface area contributed by atoms with Crippen molar-refractivity contribution in [3.05, 3.63) is 36.0 Å². The van der Waals surface area contributed by atoms with Gasteiger partial charge in [-0.25, -0.2) is 0 Å². The van der Waals surface area contributed by atoms with Gasteiger partial charge < -0.3 is 4.57 Å². The van der Waals surface area contributed by atoms with Crippen LogP contribution in [0.15, 0.2) is 30.5 Å². The summed E-state index contributed by atoms with van der Waals surface area (Å²) in [4.78, 5) is 0. The van der Waals surface area contributed by atoms with Crippen LogP contribution in [-0.4, -0.2) is 4.57 Å². The van der Waals surface area contributed by atoms with Crippen LogP contribution >= 0.6 is 0 Å². The van der Waals surface area contributed by atoms with Crippen molar-refractivity contribution in [2.45, 2.75) is 6.42 Å². The lowest BCUT2D eigenvalue weighted by molar-refractivity contribution is 0.968. The third kappa shape index (κ3) is 1.29. The molecule has 0 aliphatic heterocycles. The van der Waals surface area contributed by atoms with Gasteiger partial charge >= 0.3 is 0 Å². The Kier molecular flexibility index (Phi) is 1.79. The summed E-state index contributed by atoms with van der Waals surface area (Å²) in [5.74, 6) is 0. The van der Waals surface area contributed by atoms with E-state index < -0.39 is 0 Å². The number of fused-ring (bicyclic) bond motifs is 1. The van der Waals surface area contributed by atoms with Crippen molar-refractivity contribution in [1.29, 1.82) is 5.26 Å². The van der Waals surface area contributed by atoms with Crippen molar-refractivity contribution in [2.24, 2.45) is 7.05 Å². The number of rotatable bonds is 1. The fourth-order valence-corrected chi connectivity index (χ4v) is 1.51. The Morgan fingerprint density at radius 3 is 3.00 bits per heavy atom. The lowest BCUT2D eigenvalue weighted by atomic mass is 10.1. The van der Waals surface area contributed by atoms with Gasteiger partial charge in [0.25, 0.3) is 0 Å². The van der Waals surface area contributed by atoms with Crippen molar-refractivity contribution >= 4 is 10.9 Å². The van der Waals surface area contributed by atoms with Gasteiger partial charge in [-0.1, -0.05) is 12.1 Å². The minimum absolute atomic E-state index is 0.487. The topological polar surface area (TPSA) is 28.7 Å². The Hall–Kier alpha value is -1.75. The van der Waals surface area contributed by atoms with Gasteiger partial charge in [-0.05, 0) is 23.1 Å². The Morgan fingerprint density at radius 1 is 1.38 bits per heavy atom. The molecular formula is C11H10N2. The fraction of sp³-hybridized carbons (Fsp3) is 0.182. The zero-order chi connectivity index (χ0) is 9.26. The van der Waals surface area contributed by atoms with Crippen molar-refractivity contribution < 1.29 is 0 Å². The second-order valence-corrected chi connectivity index (χ2v) is 3.15. The van der Waals surface area contributed by atoms with Crippen molar-refractivity contribution in [3.63, 3.8) is 0 Å². The quantitative estimate of drug-likeness (QED) is 0.645. The first-order valence-electron chi connectivity index (χ1n) is 4.22. The molecule has 0 unspecified atom stereocenters. The molecule has 0 amide bonds. The summed E-state index contributed by atoms with van der Waals surface area (Å²) in [5.41, 5.74) is 2.27. The second kappa shape index (κ2) is 2.95. The van der Waals surface area contributed by atoms with Gasteiger partial charge in [-0.3, -0.25) is 0 Å². The number of hydrogen-bond donors (Lipinski definition) is 0. The van der Waals surface area contributed by atoms with Crippen LogP contribution in [-0.2, 0) is 13.5 Å². The highest BCUT2D eigenvalue weighted by Crippen LogP contribution is 2.16. The maximum absolute atomic E-state index is 8.55. The normalized spacial score (nSPS) is 10.2. The Bertz CT molecular complexity index is 474. The Morgan fingerprint density at radius 2 is 2.23 bits per heavy atom. The summed E-state index contributed by atoms with van der Waals surface area (Å²) in [6.07, 6.45) is 2.52.